The average molecular weight is 336 g/mol. The zero-order chi connectivity index (χ0) is 17.8. The summed E-state index contributed by atoms with van der Waals surface area (Å²) in [6, 6.07) is 18.7. The van der Waals surface area contributed by atoms with E-state index in [1.807, 2.05) is 37.3 Å². The van der Waals surface area contributed by atoms with Crippen molar-refractivity contribution in [2.45, 2.75) is 13.0 Å². The topological polar surface area (TPSA) is 85.4 Å². The summed E-state index contributed by atoms with van der Waals surface area (Å²) in [4.78, 5) is 22.7. The first-order valence-corrected chi connectivity index (χ1v) is 7.75. The Morgan fingerprint density at radius 2 is 1.84 bits per heavy atom. The number of nitrogens with one attached hydrogen (secondary N) is 1. The fraction of sp³-hybridized carbons (Fsp3) is 0.105. The van der Waals surface area contributed by atoms with Crippen LogP contribution in [-0.4, -0.2) is 10.8 Å². The Balaban J connectivity index is 1.76. The van der Waals surface area contributed by atoms with E-state index in [-0.39, 0.29) is 23.4 Å². The van der Waals surface area contributed by atoms with Crippen LogP contribution in [0.3, 0.4) is 0 Å². The Bertz CT molecular complexity index is 903. The highest BCUT2D eigenvalue weighted by Crippen LogP contribution is 2.26. The normalized spacial score (nSPS) is 11.7. The van der Waals surface area contributed by atoms with Gasteiger partial charge < -0.3 is 9.73 Å². The molecule has 1 amide bonds. The molecule has 2 aromatic carbocycles. The number of amides is 1. The lowest BCUT2D eigenvalue weighted by Gasteiger charge is -2.13. The molecule has 0 saturated carbocycles. The Kier molecular flexibility index (Phi) is 4.61. The van der Waals surface area contributed by atoms with Crippen LogP contribution in [0.2, 0.25) is 0 Å². The summed E-state index contributed by atoms with van der Waals surface area (Å²) in [5.74, 6) is 0.221. The van der Waals surface area contributed by atoms with E-state index in [0.717, 1.165) is 5.56 Å². The van der Waals surface area contributed by atoms with Crippen LogP contribution in [0.15, 0.2) is 71.1 Å². The quantitative estimate of drug-likeness (QED) is 0.554. The maximum absolute atomic E-state index is 12.3. The number of furan rings is 1. The van der Waals surface area contributed by atoms with Crippen molar-refractivity contribution in [1.29, 1.82) is 0 Å². The molecule has 6 heteroatoms. The molecule has 0 unspecified atom stereocenters. The minimum Gasteiger partial charge on any atom is -0.451 e. The lowest BCUT2D eigenvalue weighted by Crippen LogP contribution is -2.26. The molecular formula is C19H16N2O4. The molecule has 1 atom stereocenters. The van der Waals surface area contributed by atoms with E-state index >= 15 is 0 Å². The van der Waals surface area contributed by atoms with Crippen molar-refractivity contribution in [3.05, 3.63) is 88.2 Å². The molecule has 3 aromatic rings. The van der Waals surface area contributed by atoms with Crippen LogP contribution in [0.5, 0.6) is 0 Å². The van der Waals surface area contributed by atoms with Crippen molar-refractivity contribution < 1.29 is 14.1 Å². The van der Waals surface area contributed by atoms with Crippen molar-refractivity contribution in [3.8, 4) is 11.3 Å². The summed E-state index contributed by atoms with van der Waals surface area (Å²) in [5.41, 5.74) is 1.50. The van der Waals surface area contributed by atoms with Gasteiger partial charge in [-0.2, -0.15) is 0 Å². The first kappa shape index (κ1) is 16.4. The van der Waals surface area contributed by atoms with Gasteiger partial charge in [0.1, 0.15) is 5.76 Å². The summed E-state index contributed by atoms with van der Waals surface area (Å²) in [6.07, 6.45) is 0. The van der Waals surface area contributed by atoms with E-state index < -0.39 is 4.92 Å². The summed E-state index contributed by atoms with van der Waals surface area (Å²) < 4.78 is 5.57. The van der Waals surface area contributed by atoms with E-state index in [0.29, 0.717) is 11.3 Å². The number of hydrogen-bond donors (Lipinski definition) is 1. The monoisotopic (exact) mass is 336 g/mol. The second-order valence-corrected chi connectivity index (χ2v) is 5.58. The molecule has 0 saturated heterocycles. The fourth-order valence-electron chi connectivity index (χ4n) is 2.48. The molecule has 126 valence electrons. The highest BCUT2D eigenvalue weighted by Gasteiger charge is 2.16. The molecular weight excluding hydrogens is 320 g/mol. The molecule has 1 aromatic heterocycles. The van der Waals surface area contributed by atoms with Gasteiger partial charge in [0.05, 0.1) is 11.0 Å². The van der Waals surface area contributed by atoms with Crippen LogP contribution in [0, 0.1) is 10.1 Å². The molecule has 0 aliphatic carbocycles. The van der Waals surface area contributed by atoms with Crippen LogP contribution >= 0.6 is 0 Å². The number of carbonyl (C=O) groups is 1. The van der Waals surface area contributed by atoms with Crippen molar-refractivity contribution in [3.63, 3.8) is 0 Å². The number of non-ortho nitro benzene ring substituents is 1. The second kappa shape index (κ2) is 7.00. The molecule has 3 rings (SSSR count). The predicted octanol–water partition coefficient (Wildman–Crippen LogP) is 4.35. The average Bonchev–Trinajstić information content (AvgIpc) is 3.13. The van der Waals surface area contributed by atoms with Crippen molar-refractivity contribution in [2.75, 3.05) is 0 Å². The molecule has 6 nitrogen and oxygen atoms in total. The lowest BCUT2D eigenvalue weighted by atomic mass is 10.1. The summed E-state index contributed by atoms with van der Waals surface area (Å²) in [7, 11) is 0. The van der Waals surface area contributed by atoms with Crippen LogP contribution in [0.1, 0.15) is 29.1 Å². The van der Waals surface area contributed by atoms with Gasteiger partial charge in [-0.25, -0.2) is 0 Å². The van der Waals surface area contributed by atoms with Crippen LogP contribution in [0.4, 0.5) is 5.69 Å². The SMILES string of the molecule is C[C@H](NC(=O)c1ccc(-c2cccc([N+](=O)[O-])c2)o1)c1ccccc1. The smallest absolute Gasteiger partial charge is 0.287 e. The second-order valence-electron chi connectivity index (χ2n) is 5.58. The van der Waals surface area contributed by atoms with Crippen LogP contribution in [-0.2, 0) is 0 Å². The third-order valence-electron chi connectivity index (χ3n) is 3.82. The van der Waals surface area contributed by atoms with Gasteiger partial charge >= 0.3 is 0 Å². The summed E-state index contributed by atoms with van der Waals surface area (Å²) in [5, 5.41) is 13.7. The number of nitro benzene ring substituents is 1. The number of hydrogen-bond acceptors (Lipinski definition) is 4. The minimum absolute atomic E-state index is 0.0300. The molecule has 0 radical (unpaired) electrons. The first-order valence-electron chi connectivity index (χ1n) is 7.75. The summed E-state index contributed by atoms with van der Waals surface area (Å²) >= 11 is 0. The van der Waals surface area contributed by atoms with E-state index in [2.05, 4.69) is 5.32 Å². The maximum atomic E-state index is 12.3. The Morgan fingerprint density at radius 1 is 1.08 bits per heavy atom. The third kappa shape index (κ3) is 3.74. The van der Waals surface area contributed by atoms with Gasteiger partial charge in [-0.05, 0) is 24.6 Å². The van der Waals surface area contributed by atoms with Gasteiger partial charge in [0.2, 0.25) is 0 Å². The zero-order valence-electron chi connectivity index (χ0n) is 13.5. The van der Waals surface area contributed by atoms with Crippen LogP contribution in [0.25, 0.3) is 11.3 Å². The number of nitrogens with zero attached hydrogens (tertiary/aromatic N) is 1. The Morgan fingerprint density at radius 3 is 2.56 bits per heavy atom. The highest BCUT2D eigenvalue weighted by molar-refractivity contribution is 5.92. The molecule has 0 fully saturated rings. The van der Waals surface area contributed by atoms with Gasteiger partial charge in [0.25, 0.3) is 11.6 Å². The molecule has 0 bridgehead atoms. The molecule has 1 heterocycles. The highest BCUT2D eigenvalue weighted by atomic mass is 16.6. The molecule has 0 spiro atoms. The lowest BCUT2D eigenvalue weighted by molar-refractivity contribution is -0.384. The van der Waals surface area contributed by atoms with Gasteiger partial charge in [-0.3, -0.25) is 14.9 Å². The number of rotatable bonds is 5. The predicted molar refractivity (Wildman–Crippen MR) is 93.1 cm³/mol. The van der Waals surface area contributed by atoms with Crippen molar-refractivity contribution in [2.24, 2.45) is 0 Å². The van der Waals surface area contributed by atoms with Gasteiger partial charge in [0, 0.05) is 17.7 Å². The third-order valence-corrected chi connectivity index (χ3v) is 3.82. The van der Waals surface area contributed by atoms with Crippen molar-refractivity contribution in [1.82, 2.24) is 5.32 Å². The number of benzene rings is 2. The number of nitro groups is 1. The molecule has 0 aliphatic heterocycles. The molecule has 25 heavy (non-hydrogen) atoms. The van der Waals surface area contributed by atoms with Gasteiger partial charge in [-0.15, -0.1) is 0 Å². The van der Waals surface area contributed by atoms with Gasteiger partial charge in [-0.1, -0.05) is 42.5 Å². The first-order chi connectivity index (χ1) is 12.0. The zero-order valence-corrected chi connectivity index (χ0v) is 13.5. The Labute approximate surface area is 144 Å². The van der Waals surface area contributed by atoms with Crippen LogP contribution < -0.4 is 5.32 Å². The molecule has 0 aliphatic rings. The Hall–Kier alpha value is -3.41. The summed E-state index contributed by atoms with van der Waals surface area (Å²) in [6.45, 7) is 1.89. The van der Waals surface area contributed by atoms with Gasteiger partial charge in [0.15, 0.2) is 5.76 Å². The minimum atomic E-state index is -0.471. The molecule has 1 N–H and O–H groups in total. The maximum Gasteiger partial charge on any atom is 0.287 e. The largest absolute Gasteiger partial charge is 0.451 e. The van der Waals surface area contributed by atoms with E-state index in [9.17, 15) is 14.9 Å². The van der Waals surface area contributed by atoms with E-state index in [1.165, 1.54) is 12.1 Å². The fourth-order valence-corrected chi connectivity index (χ4v) is 2.48. The standard InChI is InChI=1S/C19H16N2O4/c1-13(14-6-3-2-4-7-14)20-19(22)18-11-10-17(25-18)15-8-5-9-16(12-15)21(23)24/h2-13H,1H3,(H,20,22)/t13-/m0/s1. The number of carbonyl (C=O) groups excluding carboxylic acids is 1. The van der Waals surface area contributed by atoms with Crippen molar-refractivity contribution >= 4 is 11.6 Å². The van der Waals surface area contributed by atoms with E-state index in [1.54, 1.807) is 24.3 Å². The van der Waals surface area contributed by atoms with E-state index in [4.69, 9.17) is 4.42 Å².